The molecule has 2 aromatic carbocycles. The number of aromatic hydroxyl groups is 1. The second kappa shape index (κ2) is 8.50. The van der Waals surface area contributed by atoms with Gasteiger partial charge in [-0.15, -0.1) is 0 Å². The van der Waals surface area contributed by atoms with Crippen LogP contribution in [0.5, 0.6) is 5.75 Å². The van der Waals surface area contributed by atoms with Gasteiger partial charge in [-0.05, 0) is 49.7 Å². The second-order valence-corrected chi connectivity index (χ2v) is 5.51. The van der Waals surface area contributed by atoms with Gasteiger partial charge in [0, 0.05) is 29.9 Å². The summed E-state index contributed by atoms with van der Waals surface area (Å²) < 4.78 is 0. The van der Waals surface area contributed by atoms with Gasteiger partial charge in [-0.2, -0.15) is 5.26 Å². The summed E-state index contributed by atoms with van der Waals surface area (Å²) in [4.78, 5) is 23.6. The average molecular weight is 337 g/mol. The van der Waals surface area contributed by atoms with Crippen LogP contribution in [0.25, 0.3) is 0 Å². The summed E-state index contributed by atoms with van der Waals surface area (Å²) in [5, 5.41) is 24.2. The van der Waals surface area contributed by atoms with Crippen molar-refractivity contribution in [2.24, 2.45) is 0 Å². The van der Waals surface area contributed by atoms with E-state index >= 15 is 0 Å². The number of rotatable bonds is 7. The smallest absolute Gasteiger partial charge is 0.251 e. The van der Waals surface area contributed by atoms with Crippen molar-refractivity contribution in [3.63, 3.8) is 0 Å². The fraction of sp³-hybridized carbons (Fsp3) is 0.211. The molecule has 3 N–H and O–H groups in total. The number of phenols is 1. The number of amides is 1. The molecule has 0 aliphatic rings. The molecule has 128 valence electrons. The van der Waals surface area contributed by atoms with E-state index in [2.05, 4.69) is 10.6 Å². The Hall–Kier alpha value is -3.33. The summed E-state index contributed by atoms with van der Waals surface area (Å²) in [6.45, 7) is 2.45. The van der Waals surface area contributed by atoms with Crippen molar-refractivity contribution < 1.29 is 14.7 Å². The van der Waals surface area contributed by atoms with Crippen molar-refractivity contribution in [2.75, 3.05) is 18.4 Å². The molecule has 0 atom stereocenters. The monoisotopic (exact) mass is 337 g/mol. The largest absolute Gasteiger partial charge is 0.508 e. The van der Waals surface area contributed by atoms with Gasteiger partial charge in [0.2, 0.25) is 0 Å². The molecule has 25 heavy (non-hydrogen) atoms. The van der Waals surface area contributed by atoms with Gasteiger partial charge in [0.25, 0.3) is 5.91 Å². The van der Waals surface area contributed by atoms with Crippen LogP contribution in [0.1, 0.15) is 39.6 Å². The average Bonchev–Trinajstić information content (AvgIpc) is 2.60. The van der Waals surface area contributed by atoms with Crippen LogP contribution in [0.4, 0.5) is 5.69 Å². The summed E-state index contributed by atoms with van der Waals surface area (Å²) in [6.07, 6.45) is 0.638. The highest BCUT2D eigenvalue weighted by atomic mass is 16.3. The third kappa shape index (κ3) is 5.08. The van der Waals surface area contributed by atoms with E-state index in [1.165, 1.54) is 19.1 Å². The Morgan fingerprint density at radius 2 is 1.96 bits per heavy atom. The molecule has 0 fully saturated rings. The molecule has 0 aromatic heterocycles. The van der Waals surface area contributed by atoms with Crippen molar-refractivity contribution in [2.45, 2.75) is 13.3 Å². The Balaban J connectivity index is 1.84. The zero-order chi connectivity index (χ0) is 18.2. The summed E-state index contributed by atoms with van der Waals surface area (Å²) in [7, 11) is 0. The highest BCUT2D eigenvalue weighted by molar-refractivity contribution is 5.99. The zero-order valence-corrected chi connectivity index (χ0v) is 13.9. The first-order valence-electron chi connectivity index (χ1n) is 7.87. The third-order valence-electron chi connectivity index (χ3n) is 3.59. The van der Waals surface area contributed by atoms with Gasteiger partial charge >= 0.3 is 0 Å². The molecule has 0 aliphatic heterocycles. The van der Waals surface area contributed by atoms with Crippen molar-refractivity contribution in [3.8, 4) is 11.8 Å². The van der Waals surface area contributed by atoms with Crippen molar-refractivity contribution in [1.82, 2.24) is 5.32 Å². The summed E-state index contributed by atoms with van der Waals surface area (Å²) in [5.74, 6) is -0.292. The van der Waals surface area contributed by atoms with Crippen LogP contribution in [0.3, 0.4) is 0 Å². The number of carbonyl (C=O) groups is 2. The number of nitrogens with zero attached hydrogens (tertiary/aromatic N) is 1. The van der Waals surface area contributed by atoms with Gasteiger partial charge in [0.1, 0.15) is 5.75 Å². The van der Waals surface area contributed by atoms with Crippen LogP contribution in [0.15, 0.2) is 42.5 Å². The Kier molecular flexibility index (Phi) is 6.13. The lowest BCUT2D eigenvalue weighted by molar-refractivity contribution is 0.0952. The van der Waals surface area contributed by atoms with E-state index in [0.29, 0.717) is 41.9 Å². The normalized spacial score (nSPS) is 9.92. The number of phenolic OH excluding ortho intramolecular Hbond substituents is 1. The summed E-state index contributed by atoms with van der Waals surface area (Å²) >= 11 is 0. The Bertz CT molecular complexity index is 825. The number of benzene rings is 2. The predicted octanol–water partition coefficient (Wildman–Crippen LogP) is 2.70. The molecule has 2 aromatic rings. The van der Waals surface area contributed by atoms with Crippen LogP contribution in [0.2, 0.25) is 0 Å². The van der Waals surface area contributed by atoms with Crippen molar-refractivity contribution in [1.29, 1.82) is 5.26 Å². The van der Waals surface area contributed by atoms with E-state index < -0.39 is 0 Å². The van der Waals surface area contributed by atoms with E-state index in [0.717, 1.165) is 0 Å². The molecule has 6 nitrogen and oxygen atoms in total. The minimum atomic E-state index is -0.258. The van der Waals surface area contributed by atoms with Crippen molar-refractivity contribution >= 4 is 17.4 Å². The number of ketones is 1. The molecular weight excluding hydrogens is 318 g/mol. The van der Waals surface area contributed by atoms with E-state index in [1.54, 1.807) is 30.3 Å². The number of nitriles is 1. The molecule has 0 saturated heterocycles. The number of carbonyl (C=O) groups excluding carboxylic acids is 2. The Morgan fingerprint density at radius 1 is 1.16 bits per heavy atom. The SMILES string of the molecule is CC(=O)c1ccc(C#N)cc1NCCCNC(=O)c1cccc(O)c1. The van der Waals surface area contributed by atoms with Gasteiger partial charge in [0.05, 0.1) is 11.6 Å². The fourth-order valence-corrected chi connectivity index (χ4v) is 2.33. The number of Topliss-reactive ketones (excluding diaryl/α,β-unsaturated/α-hetero) is 1. The fourth-order valence-electron chi connectivity index (χ4n) is 2.33. The Labute approximate surface area is 146 Å². The first kappa shape index (κ1) is 18.0. The number of hydrogen-bond acceptors (Lipinski definition) is 5. The van der Waals surface area contributed by atoms with Crippen LogP contribution in [-0.4, -0.2) is 29.9 Å². The zero-order valence-electron chi connectivity index (χ0n) is 13.9. The lowest BCUT2D eigenvalue weighted by atomic mass is 10.1. The molecule has 0 saturated carbocycles. The Morgan fingerprint density at radius 3 is 2.64 bits per heavy atom. The maximum absolute atomic E-state index is 11.9. The maximum Gasteiger partial charge on any atom is 0.251 e. The van der Waals surface area contributed by atoms with Crippen LogP contribution < -0.4 is 10.6 Å². The molecule has 0 spiro atoms. The van der Waals surface area contributed by atoms with E-state index in [4.69, 9.17) is 5.26 Å². The van der Waals surface area contributed by atoms with E-state index in [9.17, 15) is 14.7 Å². The predicted molar refractivity (Wildman–Crippen MR) is 94.7 cm³/mol. The van der Waals surface area contributed by atoms with Gasteiger partial charge in [-0.1, -0.05) is 6.07 Å². The lowest BCUT2D eigenvalue weighted by Crippen LogP contribution is -2.25. The molecule has 0 radical (unpaired) electrons. The van der Waals surface area contributed by atoms with Crippen LogP contribution in [0, 0.1) is 11.3 Å². The molecular formula is C19H19N3O3. The third-order valence-corrected chi connectivity index (χ3v) is 3.59. The van der Waals surface area contributed by atoms with Crippen LogP contribution in [-0.2, 0) is 0 Å². The topological polar surface area (TPSA) is 102 Å². The molecule has 0 bridgehead atoms. The van der Waals surface area contributed by atoms with Gasteiger partial charge in [-0.3, -0.25) is 9.59 Å². The summed E-state index contributed by atoms with van der Waals surface area (Å²) in [6, 6.07) is 13.1. The molecule has 0 aliphatic carbocycles. The minimum absolute atomic E-state index is 0.0449. The first-order valence-corrected chi connectivity index (χ1v) is 7.87. The standard InChI is InChI=1S/C19H19N3O3/c1-13(23)17-7-6-14(12-20)10-18(17)21-8-3-9-22-19(25)15-4-2-5-16(24)11-15/h2,4-7,10-11,21,24H,3,8-9H2,1H3,(H,22,25). The van der Waals surface area contributed by atoms with Gasteiger partial charge in [0.15, 0.2) is 5.78 Å². The number of hydrogen-bond donors (Lipinski definition) is 3. The molecule has 1 amide bonds. The quantitative estimate of drug-likeness (QED) is 0.532. The van der Waals surface area contributed by atoms with Gasteiger partial charge < -0.3 is 15.7 Å². The van der Waals surface area contributed by atoms with E-state index in [-0.39, 0.29) is 17.4 Å². The number of nitrogens with one attached hydrogen (secondary N) is 2. The molecule has 2 rings (SSSR count). The molecule has 6 heteroatoms. The second-order valence-electron chi connectivity index (χ2n) is 5.51. The van der Waals surface area contributed by atoms with Gasteiger partial charge in [-0.25, -0.2) is 0 Å². The summed E-state index contributed by atoms with van der Waals surface area (Å²) in [5.41, 5.74) is 2.02. The maximum atomic E-state index is 11.9. The molecule has 0 heterocycles. The van der Waals surface area contributed by atoms with Crippen molar-refractivity contribution in [3.05, 3.63) is 59.2 Å². The van der Waals surface area contributed by atoms with E-state index in [1.807, 2.05) is 6.07 Å². The minimum Gasteiger partial charge on any atom is -0.508 e. The van der Waals surface area contributed by atoms with Crippen LogP contribution >= 0.6 is 0 Å². The first-order chi connectivity index (χ1) is 12.0. The molecule has 0 unspecified atom stereocenters. The highest BCUT2D eigenvalue weighted by Crippen LogP contribution is 2.18. The lowest BCUT2D eigenvalue weighted by Gasteiger charge is -2.11. The highest BCUT2D eigenvalue weighted by Gasteiger charge is 2.08. The number of anilines is 1.